The van der Waals surface area contributed by atoms with Crippen LogP contribution in [0.3, 0.4) is 0 Å². The van der Waals surface area contributed by atoms with Crippen molar-refractivity contribution in [3.05, 3.63) is 104 Å². The number of aryl methyl sites for hydroxylation is 2. The molecule has 0 fully saturated rings. The second-order valence-corrected chi connectivity index (χ2v) is 9.44. The lowest BCUT2D eigenvalue weighted by Crippen LogP contribution is -2.29. The lowest BCUT2D eigenvalue weighted by Gasteiger charge is -2.25. The lowest BCUT2D eigenvalue weighted by molar-refractivity contribution is 0.0714. The van der Waals surface area contributed by atoms with Crippen LogP contribution in [0.15, 0.2) is 74.8 Å². The summed E-state index contributed by atoms with van der Waals surface area (Å²) in [6.07, 6.45) is 2.02. The molecule has 34 heavy (non-hydrogen) atoms. The summed E-state index contributed by atoms with van der Waals surface area (Å²) in [5.74, 6) is 0.605. The second-order valence-electron chi connectivity index (χ2n) is 8.56. The number of rotatable bonds is 5. The number of fused-ring (bicyclic) bond motifs is 2. The topological polar surface area (TPSA) is 59.8 Å². The molecule has 2 heterocycles. The van der Waals surface area contributed by atoms with Gasteiger partial charge in [0.1, 0.15) is 11.3 Å². The van der Waals surface area contributed by atoms with E-state index in [2.05, 4.69) is 0 Å². The van der Waals surface area contributed by atoms with E-state index in [1.807, 2.05) is 80.8 Å². The van der Waals surface area contributed by atoms with Gasteiger partial charge in [-0.15, -0.1) is 11.8 Å². The van der Waals surface area contributed by atoms with Crippen LogP contribution in [0.25, 0.3) is 11.0 Å². The van der Waals surface area contributed by atoms with Gasteiger partial charge in [-0.3, -0.25) is 9.59 Å². The monoisotopic (exact) mass is 471 g/mol. The molecule has 0 saturated heterocycles. The summed E-state index contributed by atoms with van der Waals surface area (Å²) in [5.41, 5.74) is 4.56. The fraction of sp³-hybridized carbons (Fsp3) is 0.214. The molecule has 1 aromatic heterocycles. The maximum Gasteiger partial charge on any atom is 0.291 e. The highest BCUT2D eigenvalue weighted by molar-refractivity contribution is 7.98. The Bertz CT molecular complexity index is 1460. The van der Waals surface area contributed by atoms with Crippen LogP contribution in [0.1, 0.15) is 44.4 Å². The van der Waals surface area contributed by atoms with Crippen molar-refractivity contribution in [3.8, 4) is 5.75 Å². The summed E-state index contributed by atoms with van der Waals surface area (Å²) in [4.78, 5) is 30.2. The van der Waals surface area contributed by atoms with E-state index in [0.717, 1.165) is 32.9 Å². The molecular formula is C28H25NO4S. The van der Waals surface area contributed by atoms with E-state index in [-0.39, 0.29) is 17.1 Å². The first-order valence-electron chi connectivity index (χ1n) is 11.1. The Labute approximate surface area is 202 Å². The van der Waals surface area contributed by atoms with Crippen LogP contribution in [-0.2, 0) is 6.54 Å². The predicted molar refractivity (Wildman–Crippen MR) is 135 cm³/mol. The summed E-state index contributed by atoms with van der Waals surface area (Å²) < 4.78 is 11.4. The van der Waals surface area contributed by atoms with Crippen molar-refractivity contribution in [2.45, 2.75) is 31.3 Å². The smallest absolute Gasteiger partial charge is 0.291 e. The Hall–Kier alpha value is -3.51. The minimum Gasteiger partial charge on any atom is -0.497 e. The molecule has 1 amide bonds. The largest absolute Gasteiger partial charge is 0.497 e. The molecule has 3 aromatic carbocycles. The second kappa shape index (κ2) is 8.69. The molecule has 5 nitrogen and oxygen atoms in total. The van der Waals surface area contributed by atoms with Crippen LogP contribution in [0.4, 0.5) is 0 Å². The molecule has 0 spiro atoms. The van der Waals surface area contributed by atoms with Gasteiger partial charge in [-0.1, -0.05) is 24.3 Å². The zero-order valence-corrected chi connectivity index (χ0v) is 20.4. The van der Waals surface area contributed by atoms with Gasteiger partial charge in [0.05, 0.1) is 24.1 Å². The van der Waals surface area contributed by atoms with Gasteiger partial charge in [0, 0.05) is 11.4 Å². The van der Waals surface area contributed by atoms with Gasteiger partial charge in [0.2, 0.25) is 5.76 Å². The third kappa shape index (κ3) is 3.68. The Morgan fingerprint density at radius 1 is 0.971 bits per heavy atom. The fourth-order valence-corrected chi connectivity index (χ4v) is 4.91. The SMILES string of the molecule is COc1ccc(CN2C(=O)c3oc4cc(C)c(C)cc4c(=O)c3[C@@H]2c2ccc(SC)cc2)cc1. The maximum absolute atomic E-state index is 13.8. The molecule has 1 aliphatic heterocycles. The van der Waals surface area contributed by atoms with Crippen LogP contribution in [0, 0.1) is 13.8 Å². The zero-order chi connectivity index (χ0) is 24.0. The third-order valence-corrected chi connectivity index (χ3v) is 7.27. The molecule has 0 aliphatic carbocycles. The number of amides is 1. The molecule has 0 N–H and O–H groups in total. The minimum atomic E-state index is -0.525. The first-order chi connectivity index (χ1) is 16.4. The average Bonchev–Trinajstić information content (AvgIpc) is 3.12. The van der Waals surface area contributed by atoms with E-state index in [1.54, 1.807) is 23.8 Å². The number of carbonyl (C=O) groups is 1. The van der Waals surface area contributed by atoms with Gasteiger partial charge in [-0.05, 0) is 78.8 Å². The van der Waals surface area contributed by atoms with E-state index in [4.69, 9.17) is 9.15 Å². The van der Waals surface area contributed by atoms with E-state index in [1.165, 1.54) is 0 Å². The molecule has 0 saturated carbocycles. The van der Waals surface area contributed by atoms with Gasteiger partial charge in [-0.25, -0.2) is 0 Å². The molecular weight excluding hydrogens is 446 g/mol. The fourth-order valence-electron chi connectivity index (χ4n) is 4.50. The predicted octanol–water partition coefficient (Wildman–Crippen LogP) is 5.89. The Morgan fingerprint density at radius 2 is 1.65 bits per heavy atom. The quantitative estimate of drug-likeness (QED) is 0.340. The lowest BCUT2D eigenvalue weighted by atomic mass is 9.97. The molecule has 0 radical (unpaired) electrons. The van der Waals surface area contributed by atoms with E-state index >= 15 is 0 Å². The summed E-state index contributed by atoms with van der Waals surface area (Å²) in [7, 11) is 1.62. The van der Waals surface area contributed by atoms with Crippen molar-refractivity contribution < 1.29 is 13.9 Å². The molecule has 1 atom stereocenters. The van der Waals surface area contributed by atoms with Crippen LogP contribution in [-0.4, -0.2) is 24.2 Å². The summed E-state index contributed by atoms with van der Waals surface area (Å²) in [5, 5.41) is 0.506. The van der Waals surface area contributed by atoms with Crippen LogP contribution in [0.5, 0.6) is 5.75 Å². The molecule has 6 heteroatoms. The van der Waals surface area contributed by atoms with Crippen LogP contribution < -0.4 is 10.2 Å². The zero-order valence-electron chi connectivity index (χ0n) is 19.5. The van der Waals surface area contributed by atoms with Crippen molar-refractivity contribution in [2.75, 3.05) is 13.4 Å². The van der Waals surface area contributed by atoms with Gasteiger partial charge in [0.25, 0.3) is 5.91 Å². The molecule has 172 valence electrons. The number of hydrogen-bond donors (Lipinski definition) is 0. The maximum atomic E-state index is 13.8. The molecule has 1 aliphatic rings. The molecule has 0 unspecified atom stereocenters. The highest BCUT2D eigenvalue weighted by atomic mass is 32.2. The van der Waals surface area contributed by atoms with E-state index < -0.39 is 6.04 Å². The molecule has 5 rings (SSSR count). The van der Waals surface area contributed by atoms with Crippen LogP contribution >= 0.6 is 11.8 Å². The number of thioether (sulfide) groups is 1. The van der Waals surface area contributed by atoms with Crippen LogP contribution in [0.2, 0.25) is 0 Å². The Kier molecular flexibility index (Phi) is 5.70. The first kappa shape index (κ1) is 22.3. The van der Waals surface area contributed by atoms with E-state index in [9.17, 15) is 9.59 Å². The number of ether oxygens (including phenoxy) is 1. The highest BCUT2D eigenvalue weighted by Gasteiger charge is 2.42. The van der Waals surface area contributed by atoms with Crippen molar-refractivity contribution in [2.24, 2.45) is 0 Å². The van der Waals surface area contributed by atoms with Crippen molar-refractivity contribution in [3.63, 3.8) is 0 Å². The Balaban J connectivity index is 1.69. The Morgan fingerprint density at radius 3 is 2.29 bits per heavy atom. The minimum absolute atomic E-state index is 0.133. The number of carbonyl (C=O) groups excluding carboxylic acids is 1. The highest BCUT2D eigenvalue weighted by Crippen LogP contribution is 2.40. The molecule has 4 aromatic rings. The normalized spacial score (nSPS) is 15.1. The summed E-state index contributed by atoms with van der Waals surface area (Å²) in [6.45, 7) is 4.28. The van der Waals surface area contributed by atoms with Crippen molar-refractivity contribution in [1.82, 2.24) is 4.90 Å². The summed E-state index contributed by atoms with van der Waals surface area (Å²) >= 11 is 1.65. The third-order valence-electron chi connectivity index (χ3n) is 6.53. The number of hydrogen-bond acceptors (Lipinski definition) is 5. The van der Waals surface area contributed by atoms with E-state index in [0.29, 0.717) is 23.1 Å². The van der Waals surface area contributed by atoms with Gasteiger partial charge < -0.3 is 14.1 Å². The van der Waals surface area contributed by atoms with Gasteiger partial charge in [-0.2, -0.15) is 0 Å². The van der Waals surface area contributed by atoms with Crippen molar-refractivity contribution >= 4 is 28.6 Å². The summed E-state index contributed by atoms with van der Waals surface area (Å²) in [6, 6.07) is 18.8. The molecule has 0 bridgehead atoms. The standard InChI is InChI=1S/C28H25NO4S/c1-16-13-22-23(14-17(16)2)33-27-24(26(22)30)25(19-7-11-21(34-4)12-8-19)29(28(27)31)15-18-5-9-20(32-3)10-6-18/h5-14,25H,15H2,1-4H3/t25-/m0/s1. The average molecular weight is 472 g/mol. The van der Waals surface area contributed by atoms with Gasteiger partial charge in [0.15, 0.2) is 5.43 Å². The number of nitrogens with zero attached hydrogens (tertiary/aromatic N) is 1. The van der Waals surface area contributed by atoms with Crippen molar-refractivity contribution in [1.29, 1.82) is 0 Å². The first-order valence-corrected chi connectivity index (χ1v) is 12.3. The number of methoxy groups -OCH3 is 1. The van der Waals surface area contributed by atoms with Gasteiger partial charge >= 0.3 is 0 Å². The number of benzene rings is 3.